The van der Waals surface area contributed by atoms with Crippen molar-refractivity contribution in [3.8, 4) is 0 Å². The second-order valence-electron chi connectivity index (χ2n) is 5.69. The lowest BCUT2D eigenvalue weighted by atomic mass is 9.98. The van der Waals surface area contributed by atoms with Crippen molar-refractivity contribution >= 4 is 23.6 Å². The third-order valence-electron chi connectivity index (χ3n) is 3.91. The zero-order valence-corrected chi connectivity index (χ0v) is 13.7. The highest BCUT2D eigenvalue weighted by atomic mass is 35.5. The second kappa shape index (κ2) is 6.96. The van der Waals surface area contributed by atoms with Crippen LogP contribution >= 0.6 is 11.6 Å². The Labute approximate surface area is 139 Å². The van der Waals surface area contributed by atoms with Crippen molar-refractivity contribution in [1.82, 2.24) is 15.0 Å². The molecule has 0 bridgehead atoms. The summed E-state index contributed by atoms with van der Waals surface area (Å²) in [6.07, 6.45) is 5.31. The summed E-state index contributed by atoms with van der Waals surface area (Å²) in [5.41, 5.74) is 0.948. The van der Waals surface area contributed by atoms with Crippen LogP contribution in [0.1, 0.15) is 36.0 Å². The number of hydrogen-bond donors (Lipinski definition) is 0. The third kappa shape index (κ3) is 3.99. The van der Waals surface area contributed by atoms with Crippen LogP contribution in [-0.2, 0) is 4.79 Å². The molecule has 0 radical (unpaired) electrons. The van der Waals surface area contributed by atoms with Gasteiger partial charge >= 0.3 is 0 Å². The summed E-state index contributed by atoms with van der Waals surface area (Å²) in [6.45, 7) is 3.17. The molecular weight excluding hydrogens is 314 g/mol. The monoisotopic (exact) mass is 331 g/mol. The molecule has 0 spiro atoms. The molecule has 2 heterocycles. The number of rotatable bonds is 3. The molecule has 6 heteroatoms. The van der Waals surface area contributed by atoms with Crippen molar-refractivity contribution in [3.63, 3.8) is 0 Å². The summed E-state index contributed by atoms with van der Waals surface area (Å²) in [4.78, 5) is 18.5. The van der Waals surface area contributed by atoms with Crippen molar-refractivity contribution in [2.24, 2.45) is 0 Å². The van der Waals surface area contributed by atoms with Crippen molar-refractivity contribution in [1.29, 1.82) is 0 Å². The number of aryl methyl sites for hydroxylation is 1. The van der Waals surface area contributed by atoms with Gasteiger partial charge in [-0.25, -0.2) is 0 Å². The van der Waals surface area contributed by atoms with Gasteiger partial charge in [-0.1, -0.05) is 28.9 Å². The van der Waals surface area contributed by atoms with Crippen LogP contribution < -0.4 is 0 Å². The Kier molecular flexibility index (Phi) is 4.76. The van der Waals surface area contributed by atoms with E-state index < -0.39 is 0 Å². The largest absolute Gasteiger partial charge is 0.339 e. The smallest absolute Gasteiger partial charge is 0.246 e. The molecule has 0 aliphatic carbocycles. The van der Waals surface area contributed by atoms with Crippen LogP contribution in [0.5, 0.6) is 0 Å². The Morgan fingerprint density at radius 2 is 2.17 bits per heavy atom. The molecule has 1 saturated heterocycles. The number of hydrogen-bond acceptors (Lipinski definition) is 4. The van der Waals surface area contributed by atoms with Gasteiger partial charge in [-0.05, 0) is 43.5 Å². The fourth-order valence-electron chi connectivity index (χ4n) is 2.70. The van der Waals surface area contributed by atoms with E-state index in [1.54, 1.807) is 31.2 Å². The molecule has 1 amide bonds. The fourth-order valence-corrected chi connectivity index (χ4v) is 2.83. The zero-order chi connectivity index (χ0) is 16.2. The van der Waals surface area contributed by atoms with Crippen LogP contribution in [0.2, 0.25) is 5.02 Å². The maximum absolute atomic E-state index is 12.4. The number of piperidine rings is 1. The van der Waals surface area contributed by atoms with Crippen molar-refractivity contribution in [3.05, 3.63) is 52.6 Å². The van der Waals surface area contributed by atoms with E-state index in [0.29, 0.717) is 23.3 Å². The summed E-state index contributed by atoms with van der Waals surface area (Å²) >= 11 is 5.85. The lowest BCUT2D eigenvalue weighted by molar-refractivity contribution is -0.127. The van der Waals surface area contributed by atoms with Crippen LogP contribution in [0.4, 0.5) is 0 Å². The predicted octanol–water partition coefficient (Wildman–Crippen LogP) is 3.45. The maximum atomic E-state index is 12.4. The minimum absolute atomic E-state index is 0.000822. The Morgan fingerprint density at radius 1 is 1.39 bits per heavy atom. The standard InChI is InChI=1S/C17H18ClN3O2/c1-12-19-17(23-20-12)14-3-2-10-21(11-14)16(22)9-6-13-4-7-15(18)8-5-13/h4-9,14H,2-3,10-11H2,1H3/b9-6+/t14-/m1/s1. The number of benzene rings is 1. The molecule has 3 rings (SSSR count). The van der Waals surface area contributed by atoms with Gasteiger partial charge in [-0.2, -0.15) is 4.98 Å². The fraction of sp³-hybridized carbons (Fsp3) is 0.353. The normalized spacial score (nSPS) is 18.5. The van der Waals surface area contributed by atoms with Gasteiger partial charge in [0.1, 0.15) is 0 Å². The van der Waals surface area contributed by atoms with Crippen LogP contribution in [0.15, 0.2) is 34.9 Å². The Morgan fingerprint density at radius 3 is 2.87 bits per heavy atom. The molecule has 1 aliphatic rings. The molecule has 0 unspecified atom stereocenters. The van der Waals surface area contributed by atoms with Crippen LogP contribution in [0.3, 0.4) is 0 Å². The predicted molar refractivity (Wildman–Crippen MR) is 88.1 cm³/mol. The van der Waals surface area contributed by atoms with Gasteiger partial charge in [0.2, 0.25) is 11.8 Å². The second-order valence-corrected chi connectivity index (χ2v) is 6.12. The molecule has 0 N–H and O–H groups in total. The van der Waals surface area contributed by atoms with Crippen molar-refractivity contribution < 1.29 is 9.32 Å². The molecule has 120 valence electrons. The molecule has 23 heavy (non-hydrogen) atoms. The number of carbonyl (C=O) groups excluding carboxylic acids is 1. The van der Waals surface area contributed by atoms with Crippen LogP contribution in [0, 0.1) is 6.92 Å². The van der Waals surface area contributed by atoms with Crippen molar-refractivity contribution in [2.45, 2.75) is 25.7 Å². The molecule has 1 aromatic heterocycles. The summed E-state index contributed by atoms with van der Waals surface area (Å²) in [5, 5.41) is 4.51. The van der Waals surface area contributed by atoms with E-state index in [2.05, 4.69) is 10.1 Å². The molecule has 5 nitrogen and oxygen atoms in total. The van der Waals surface area contributed by atoms with E-state index in [1.165, 1.54) is 0 Å². The lowest BCUT2D eigenvalue weighted by Gasteiger charge is -2.30. The number of amides is 1. The topological polar surface area (TPSA) is 59.2 Å². The lowest BCUT2D eigenvalue weighted by Crippen LogP contribution is -2.38. The average Bonchev–Trinajstić information content (AvgIpc) is 3.01. The van der Waals surface area contributed by atoms with Gasteiger partial charge in [0, 0.05) is 24.2 Å². The molecule has 1 fully saturated rings. The number of halogens is 1. The van der Waals surface area contributed by atoms with Crippen molar-refractivity contribution in [2.75, 3.05) is 13.1 Å². The number of nitrogens with zero attached hydrogens (tertiary/aromatic N) is 3. The van der Waals surface area contributed by atoms with Gasteiger partial charge in [0.25, 0.3) is 0 Å². The van der Waals surface area contributed by atoms with Gasteiger partial charge in [-0.15, -0.1) is 0 Å². The van der Waals surface area contributed by atoms with E-state index >= 15 is 0 Å². The van der Waals surface area contributed by atoms with Gasteiger partial charge in [0.05, 0.1) is 5.92 Å². The molecule has 0 saturated carbocycles. The first-order valence-electron chi connectivity index (χ1n) is 7.64. The first-order valence-corrected chi connectivity index (χ1v) is 8.02. The Hall–Kier alpha value is -2.14. The molecular formula is C17H18ClN3O2. The van der Waals surface area contributed by atoms with Gasteiger partial charge in [-0.3, -0.25) is 4.79 Å². The first-order chi connectivity index (χ1) is 11.1. The van der Waals surface area contributed by atoms with Gasteiger partial charge < -0.3 is 9.42 Å². The SMILES string of the molecule is Cc1noc([C@@H]2CCCN(C(=O)/C=C/c3ccc(Cl)cc3)C2)n1. The molecule has 2 aromatic rings. The highest BCUT2D eigenvalue weighted by molar-refractivity contribution is 6.30. The quantitative estimate of drug-likeness (QED) is 0.808. The Balaban J connectivity index is 1.63. The minimum atomic E-state index is 0.000822. The highest BCUT2D eigenvalue weighted by Crippen LogP contribution is 2.25. The molecule has 1 aromatic carbocycles. The number of carbonyl (C=O) groups is 1. The van der Waals surface area contributed by atoms with E-state index in [-0.39, 0.29) is 11.8 Å². The average molecular weight is 332 g/mol. The number of likely N-dealkylation sites (tertiary alicyclic amines) is 1. The Bertz CT molecular complexity index is 709. The van der Waals surface area contributed by atoms with E-state index in [4.69, 9.17) is 16.1 Å². The van der Waals surface area contributed by atoms with Crippen LogP contribution in [-0.4, -0.2) is 34.0 Å². The maximum Gasteiger partial charge on any atom is 0.246 e. The summed E-state index contributed by atoms with van der Waals surface area (Å²) in [6, 6.07) is 7.37. The summed E-state index contributed by atoms with van der Waals surface area (Å²) in [7, 11) is 0. The van der Waals surface area contributed by atoms with E-state index in [9.17, 15) is 4.79 Å². The summed E-state index contributed by atoms with van der Waals surface area (Å²) in [5.74, 6) is 1.38. The molecule has 1 aliphatic heterocycles. The summed E-state index contributed by atoms with van der Waals surface area (Å²) < 4.78 is 5.24. The molecule has 1 atom stereocenters. The zero-order valence-electron chi connectivity index (χ0n) is 12.9. The first kappa shape index (κ1) is 15.7. The van der Waals surface area contributed by atoms with E-state index in [0.717, 1.165) is 24.9 Å². The third-order valence-corrected chi connectivity index (χ3v) is 4.17. The van der Waals surface area contributed by atoms with Crippen LogP contribution in [0.25, 0.3) is 6.08 Å². The van der Waals surface area contributed by atoms with Gasteiger partial charge in [0.15, 0.2) is 5.82 Å². The highest BCUT2D eigenvalue weighted by Gasteiger charge is 2.27. The van der Waals surface area contributed by atoms with E-state index in [1.807, 2.05) is 17.0 Å². The number of aromatic nitrogens is 2. The minimum Gasteiger partial charge on any atom is -0.339 e.